The van der Waals surface area contributed by atoms with Gasteiger partial charge in [-0.3, -0.25) is 9.78 Å². The van der Waals surface area contributed by atoms with E-state index in [0.29, 0.717) is 30.2 Å². The van der Waals surface area contributed by atoms with Gasteiger partial charge in [0.25, 0.3) is 5.91 Å². The van der Waals surface area contributed by atoms with E-state index < -0.39 is 5.82 Å². The van der Waals surface area contributed by atoms with E-state index >= 15 is 0 Å². The molecular weight excluding hydrogens is 421 g/mol. The van der Waals surface area contributed by atoms with Crippen LogP contribution in [0.5, 0.6) is 0 Å². The second-order valence-corrected chi connectivity index (χ2v) is 8.14. The molecule has 1 fully saturated rings. The predicted molar refractivity (Wildman–Crippen MR) is 120 cm³/mol. The monoisotopic (exact) mass is 443 g/mol. The number of hydrogen-bond acceptors (Lipinski definition) is 6. The van der Waals surface area contributed by atoms with Gasteiger partial charge in [-0.1, -0.05) is 11.2 Å². The number of carbonyl (C=O) groups excluding carboxylic acids is 1. The highest BCUT2D eigenvalue weighted by atomic mass is 19.1. The predicted octanol–water partition coefficient (Wildman–Crippen LogP) is 4.66. The van der Waals surface area contributed by atoms with Gasteiger partial charge in [0.2, 0.25) is 0 Å². The third kappa shape index (κ3) is 4.37. The Morgan fingerprint density at radius 3 is 2.67 bits per heavy atom. The number of rotatable bonds is 4. The standard InChI is InChI=1S/C25H22FN5O2/c1-16-12-22(33-30-16)21-15-28-24(19-5-3-9-27-14-19)29-23(21)17-7-10-31(11-8-17)25(32)18-4-2-6-20(26)13-18/h2-6,9,12-15,17H,7-8,10-11H2,1H3. The summed E-state index contributed by atoms with van der Waals surface area (Å²) in [6.45, 7) is 2.98. The van der Waals surface area contributed by atoms with E-state index in [2.05, 4.69) is 15.1 Å². The number of piperidine rings is 1. The minimum atomic E-state index is -0.411. The van der Waals surface area contributed by atoms with E-state index in [-0.39, 0.29) is 11.8 Å². The second kappa shape index (κ2) is 8.90. The summed E-state index contributed by atoms with van der Waals surface area (Å²) < 4.78 is 19.1. The van der Waals surface area contributed by atoms with Crippen molar-refractivity contribution in [1.29, 1.82) is 0 Å². The fraction of sp³-hybridized carbons (Fsp3) is 0.240. The van der Waals surface area contributed by atoms with Crippen LogP contribution in [0.15, 0.2) is 65.6 Å². The Labute approximate surface area is 190 Å². The molecule has 0 atom stereocenters. The van der Waals surface area contributed by atoms with Crippen molar-refractivity contribution in [1.82, 2.24) is 25.0 Å². The zero-order valence-corrected chi connectivity index (χ0v) is 18.1. The van der Waals surface area contributed by atoms with Crippen LogP contribution >= 0.6 is 0 Å². The van der Waals surface area contributed by atoms with E-state index in [1.54, 1.807) is 35.6 Å². The molecule has 8 heteroatoms. The van der Waals surface area contributed by atoms with Crippen LogP contribution in [0.25, 0.3) is 22.7 Å². The Hall–Kier alpha value is -3.94. The lowest BCUT2D eigenvalue weighted by Crippen LogP contribution is -2.38. The lowest BCUT2D eigenvalue weighted by molar-refractivity contribution is 0.0711. The van der Waals surface area contributed by atoms with Crippen molar-refractivity contribution >= 4 is 5.91 Å². The van der Waals surface area contributed by atoms with Gasteiger partial charge >= 0.3 is 0 Å². The summed E-state index contributed by atoms with van der Waals surface area (Å²) in [4.78, 5) is 28.2. The van der Waals surface area contributed by atoms with Crippen molar-refractivity contribution < 1.29 is 13.7 Å². The summed E-state index contributed by atoms with van der Waals surface area (Å²) in [6.07, 6.45) is 6.67. The molecule has 0 spiro atoms. The fourth-order valence-corrected chi connectivity index (χ4v) is 4.18. The van der Waals surface area contributed by atoms with Gasteiger partial charge in [0.05, 0.1) is 17.0 Å². The lowest BCUT2D eigenvalue weighted by atomic mass is 9.89. The molecule has 3 aromatic heterocycles. The average Bonchev–Trinajstić information content (AvgIpc) is 3.30. The van der Waals surface area contributed by atoms with Crippen molar-refractivity contribution in [2.45, 2.75) is 25.7 Å². The Morgan fingerprint density at radius 2 is 1.97 bits per heavy atom. The van der Waals surface area contributed by atoms with Crippen molar-refractivity contribution in [3.05, 3.63) is 83.8 Å². The number of hydrogen-bond donors (Lipinski definition) is 0. The number of amides is 1. The number of pyridine rings is 1. The zero-order valence-electron chi connectivity index (χ0n) is 18.1. The number of likely N-dealkylation sites (tertiary alicyclic amines) is 1. The lowest BCUT2D eigenvalue weighted by Gasteiger charge is -2.32. The molecule has 1 aliphatic rings. The quantitative estimate of drug-likeness (QED) is 0.456. The van der Waals surface area contributed by atoms with E-state index in [0.717, 1.165) is 35.4 Å². The summed E-state index contributed by atoms with van der Waals surface area (Å²) in [5.41, 5.74) is 3.66. The molecule has 4 aromatic rings. The minimum absolute atomic E-state index is 0.111. The van der Waals surface area contributed by atoms with Crippen LogP contribution in [0.3, 0.4) is 0 Å². The van der Waals surface area contributed by atoms with Gasteiger partial charge in [-0.15, -0.1) is 0 Å². The molecule has 1 aliphatic heterocycles. The first kappa shape index (κ1) is 20.9. The third-order valence-electron chi connectivity index (χ3n) is 5.87. The second-order valence-electron chi connectivity index (χ2n) is 8.14. The van der Waals surface area contributed by atoms with Crippen LogP contribution < -0.4 is 0 Å². The molecule has 0 saturated carbocycles. The van der Waals surface area contributed by atoms with Gasteiger partial charge in [0, 0.05) is 54.8 Å². The zero-order chi connectivity index (χ0) is 22.8. The molecule has 166 valence electrons. The first-order valence-corrected chi connectivity index (χ1v) is 10.8. The van der Waals surface area contributed by atoms with Crippen molar-refractivity contribution in [2.75, 3.05) is 13.1 Å². The fourth-order valence-electron chi connectivity index (χ4n) is 4.18. The number of halogens is 1. The van der Waals surface area contributed by atoms with E-state index in [4.69, 9.17) is 9.51 Å². The van der Waals surface area contributed by atoms with E-state index in [1.165, 1.54) is 12.1 Å². The minimum Gasteiger partial charge on any atom is -0.356 e. The third-order valence-corrected chi connectivity index (χ3v) is 5.87. The molecular formula is C25H22FN5O2. The van der Waals surface area contributed by atoms with E-state index in [9.17, 15) is 9.18 Å². The first-order chi connectivity index (χ1) is 16.1. The van der Waals surface area contributed by atoms with Crippen LogP contribution in [0.4, 0.5) is 4.39 Å². The molecule has 0 N–H and O–H groups in total. The molecule has 0 radical (unpaired) electrons. The summed E-state index contributed by atoms with van der Waals surface area (Å²) >= 11 is 0. The number of carbonyl (C=O) groups is 1. The van der Waals surface area contributed by atoms with Crippen molar-refractivity contribution in [2.24, 2.45) is 0 Å². The van der Waals surface area contributed by atoms with Gasteiger partial charge < -0.3 is 9.42 Å². The van der Waals surface area contributed by atoms with Crippen LogP contribution in [0.1, 0.15) is 40.5 Å². The summed E-state index contributed by atoms with van der Waals surface area (Å²) in [6, 6.07) is 11.5. The Bertz CT molecular complexity index is 1280. The highest BCUT2D eigenvalue weighted by Gasteiger charge is 2.29. The number of nitrogens with zero attached hydrogens (tertiary/aromatic N) is 5. The van der Waals surface area contributed by atoms with Crippen molar-refractivity contribution in [3.63, 3.8) is 0 Å². The van der Waals surface area contributed by atoms with Gasteiger partial charge in [-0.05, 0) is 50.1 Å². The van der Waals surface area contributed by atoms with Gasteiger partial charge in [0.1, 0.15) is 5.82 Å². The molecule has 33 heavy (non-hydrogen) atoms. The number of aromatic nitrogens is 4. The normalized spacial score (nSPS) is 14.4. The Morgan fingerprint density at radius 1 is 1.12 bits per heavy atom. The largest absolute Gasteiger partial charge is 0.356 e. The molecule has 7 nitrogen and oxygen atoms in total. The average molecular weight is 443 g/mol. The maximum absolute atomic E-state index is 13.6. The maximum Gasteiger partial charge on any atom is 0.253 e. The smallest absolute Gasteiger partial charge is 0.253 e. The highest BCUT2D eigenvalue weighted by Crippen LogP contribution is 2.35. The molecule has 1 aromatic carbocycles. The maximum atomic E-state index is 13.6. The van der Waals surface area contributed by atoms with Gasteiger partial charge in [-0.25, -0.2) is 14.4 Å². The van der Waals surface area contributed by atoms with Gasteiger partial charge in [-0.2, -0.15) is 0 Å². The molecule has 1 amide bonds. The van der Waals surface area contributed by atoms with Crippen LogP contribution in [0, 0.1) is 12.7 Å². The molecule has 0 unspecified atom stereocenters. The van der Waals surface area contributed by atoms with Crippen LogP contribution in [-0.4, -0.2) is 44.0 Å². The van der Waals surface area contributed by atoms with Crippen LogP contribution in [-0.2, 0) is 0 Å². The Kier molecular flexibility index (Phi) is 5.64. The molecule has 4 heterocycles. The highest BCUT2D eigenvalue weighted by molar-refractivity contribution is 5.94. The summed E-state index contributed by atoms with van der Waals surface area (Å²) in [5.74, 6) is 0.764. The molecule has 0 bridgehead atoms. The van der Waals surface area contributed by atoms with Gasteiger partial charge in [0.15, 0.2) is 11.6 Å². The molecule has 0 aliphatic carbocycles. The SMILES string of the molecule is Cc1cc(-c2cnc(-c3cccnc3)nc2C2CCN(C(=O)c3cccc(F)c3)CC2)on1. The topological polar surface area (TPSA) is 85.0 Å². The molecule has 1 saturated heterocycles. The van der Waals surface area contributed by atoms with Crippen molar-refractivity contribution in [3.8, 4) is 22.7 Å². The Balaban J connectivity index is 1.42. The van der Waals surface area contributed by atoms with Crippen LogP contribution in [0.2, 0.25) is 0 Å². The number of aryl methyl sites for hydroxylation is 1. The molecule has 5 rings (SSSR count). The number of benzene rings is 1. The summed E-state index contributed by atoms with van der Waals surface area (Å²) in [5, 5.41) is 4.01. The van der Waals surface area contributed by atoms with E-state index in [1.807, 2.05) is 25.1 Å². The first-order valence-electron chi connectivity index (χ1n) is 10.8. The summed E-state index contributed by atoms with van der Waals surface area (Å²) in [7, 11) is 0.